The highest BCUT2D eigenvalue weighted by Gasteiger charge is 2.57. The molecule has 6 bridgehead atoms. The Balaban J connectivity index is 0.792. The minimum Gasteiger partial charge on any atom is -0.457 e. The lowest BCUT2D eigenvalue weighted by atomic mass is 9.48. The van der Waals surface area contributed by atoms with Crippen molar-refractivity contribution in [1.82, 2.24) is 15.0 Å². The fourth-order valence-corrected chi connectivity index (χ4v) is 17.7. The molecule has 0 saturated heterocycles. The van der Waals surface area contributed by atoms with Gasteiger partial charge >= 0.3 is 0 Å². The van der Waals surface area contributed by atoms with E-state index in [2.05, 4.69) is 171 Å². The third-order valence-electron chi connectivity index (χ3n) is 20.0. The van der Waals surface area contributed by atoms with Gasteiger partial charge in [0.25, 0.3) is 0 Å². The van der Waals surface area contributed by atoms with Crippen LogP contribution in [0, 0.1) is 41.4 Å². The summed E-state index contributed by atoms with van der Waals surface area (Å²) in [5.74, 6) is 10.4. The molecule has 71 heavy (non-hydrogen) atoms. The fraction of sp³-hybridized carbons (Fsp3) is 0.328. The molecule has 1 aromatic heterocycles. The van der Waals surface area contributed by atoms with Gasteiger partial charge in [0, 0.05) is 27.8 Å². The molecule has 1 aliphatic heterocycles. The molecule has 7 saturated carbocycles. The molecule has 0 amide bonds. The summed E-state index contributed by atoms with van der Waals surface area (Å²) >= 11 is 0. The summed E-state index contributed by atoms with van der Waals surface area (Å²) in [5.41, 5.74) is 16.2. The molecule has 7 fully saturated rings. The van der Waals surface area contributed by atoms with E-state index in [9.17, 15) is 0 Å². The Morgan fingerprint density at radius 3 is 1.46 bits per heavy atom. The normalized spacial score (nSPS) is 29.3. The maximum Gasteiger partial charge on any atom is 0.164 e. The van der Waals surface area contributed by atoms with Crippen LogP contribution in [0.2, 0.25) is 0 Å². The van der Waals surface area contributed by atoms with Gasteiger partial charge in [0.1, 0.15) is 11.5 Å². The first-order valence-electron chi connectivity index (χ1n) is 27.1. The molecule has 0 N–H and O–H groups in total. The standard InChI is InChI=1S/C67H59N3O/c1-40-29-48-33-49-38-65(34-40,39-54(48)49)50-25-21-46(22-26-50)63-68-62(69-64(70-63)47-23-27-51(28-24-47)66-35-41-30-42(36-66)32-43(31-41)37-66)45-19-17-44(18-20-45)52-10-8-14-58-61(52)53-9-2-3-11-55(53)67(58)56-12-4-6-15-59(56)71-60-16-7-5-13-57(60)67/h2-28,40-43,48-49,54H,29-39H2,1H3/t40?,41-,42+,43?,48?,49-,54?,65?,66?/m0/s1. The Labute approximate surface area is 418 Å². The maximum absolute atomic E-state index is 6.62. The van der Waals surface area contributed by atoms with E-state index in [1.807, 2.05) is 0 Å². The smallest absolute Gasteiger partial charge is 0.164 e. The van der Waals surface area contributed by atoms with Crippen molar-refractivity contribution in [2.75, 3.05) is 0 Å². The zero-order valence-corrected chi connectivity index (χ0v) is 40.7. The van der Waals surface area contributed by atoms with Crippen molar-refractivity contribution in [3.8, 4) is 67.9 Å². The van der Waals surface area contributed by atoms with Crippen molar-refractivity contribution in [2.45, 2.75) is 93.8 Å². The van der Waals surface area contributed by atoms with Crippen LogP contribution in [0.4, 0.5) is 0 Å². The van der Waals surface area contributed by atoms with Crippen LogP contribution >= 0.6 is 0 Å². The number of benzene rings is 7. The second-order valence-electron chi connectivity index (χ2n) is 24.0. The average molecular weight is 922 g/mol. The van der Waals surface area contributed by atoms with Gasteiger partial charge in [-0.15, -0.1) is 0 Å². The SMILES string of the molecule is CC1CC2C[C@H]3CC(c4ccc(-c5nc(-c6ccc(-c7cccc8c7-c7ccccc7C87c8ccccc8Oc8ccccc87)cc6)nc(-c6ccc(C78CC9C[C@H](C7)C[C@@H](C9)C8)cc6)n5)cc4)(C1)CC23. The van der Waals surface area contributed by atoms with Gasteiger partial charge in [-0.3, -0.25) is 0 Å². The van der Waals surface area contributed by atoms with E-state index in [0.717, 1.165) is 86.8 Å². The fourth-order valence-electron chi connectivity index (χ4n) is 17.7. The number of hydrogen-bond donors (Lipinski definition) is 0. The van der Waals surface area contributed by atoms with Crippen LogP contribution in [0.15, 0.2) is 164 Å². The average Bonchev–Trinajstić information content (AvgIpc) is 3.83. The van der Waals surface area contributed by atoms with Gasteiger partial charge in [0.15, 0.2) is 17.5 Å². The molecular weight excluding hydrogens is 863 g/mol. The molecule has 4 heteroatoms. The molecule has 2 heterocycles. The zero-order chi connectivity index (χ0) is 46.6. The number of ether oxygens (including phenoxy) is 1. The lowest BCUT2D eigenvalue weighted by Crippen LogP contribution is -2.48. The van der Waals surface area contributed by atoms with Crippen LogP contribution in [0.5, 0.6) is 11.5 Å². The van der Waals surface area contributed by atoms with Crippen LogP contribution in [0.1, 0.15) is 111 Å². The van der Waals surface area contributed by atoms with Crippen LogP contribution in [-0.2, 0) is 16.2 Å². The Hall–Kier alpha value is -6.65. The van der Waals surface area contributed by atoms with Gasteiger partial charge in [0.05, 0.1) is 5.41 Å². The Kier molecular flexibility index (Phi) is 8.64. The van der Waals surface area contributed by atoms with Gasteiger partial charge in [0.2, 0.25) is 0 Å². The number of fused-ring (bicyclic) bond motifs is 10. The van der Waals surface area contributed by atoms with Crippen LogP contribution in [0.3, 0.4) is 0 Å². The monoisotopic (exact) mass is 921 g/mol. The first kappa shape index (κ1) is 41.0. The van der Waals surface area contributed by atoms with Crippen molar-refractivity contribution in [3.63, 3.8) is 0 Å². The molecule has 7 aromatic carbocycles. The van der Waals surface area contributed by atoms with E-state index < -0.39 is 5.41 Å². The van der Waals surface area contributed by atoms with Crippen molar-refractivity contribution in [2.24, 2.45) is 41.4 Å². The summed E-state index contributed by atoms with van der Waals surface area (Å²) < 4.78 is 6.62. The zero-order valence-electron chi connectivity index (χ0n) is 40.7. The van der Waals surface area contributed by atoms with E-state index in [1.165, 1.54) is 121 Å². The maximum atomic E-state index is 6.62. The largest absolute Gasteiger partial charge is 0.457 e. The van der Waals surface area contributed by atoms with E-state index in [0.29, 0.717) is 16.7 Å². The summed E-state index contributed by atoms with van der Waals surface area (Å²) in [6, 6.07) is 61.1. The predicted molar refractivity (Wildman–Crippen MR) is 283 cm³/mol. The van der Waals surface area contributed by atoms with E-state index in [-0.39, 0.29) is 0 Å². The number of aromatic nitrogens is 3. The summed E-state index contributed by atoms with van der Waals surface area (Å²) in [5, 5.41) is 0. The van der Waals surface area contributed by atoms with Gasteiger partial charge < -0.3 is 4.74 Å². The summed E-state index contributed by atoms with van der Waals surface area (Å²) in [4.78, 5) is 16.0. The van der Waals surface area contributed by atoms with Crippen molar-refractivity contribution >= 4 is 0 Å². The highest BCUT2D eigenvalue weighted by molar-refractivity contribution is 5.96. The Morgan fingerprint density at radius 2 is 0.873 bits per heavy atom. The molecule has 5 atom stereocenters. The summed E-state index contributed by atoms with van der Waals surface area (Å²) in [7, 11) is 0. The van der Waals surface area contributed by atoms with E-state index in [1.54, 1.807) is 0 Å². The molecule has 1 spiro atoms. The summed E-state index contributed by atoms with van der Waals surface area (Å²) in [6.07, 6.45) is 15.4. The molecule has 8 aliphatic carbocycles. The molecule has 0 radical (unpaired) electrons. The highest BCUT2D eigenvalue weighted by atomic mass is 16.5. The lowest BCUT2D eigenvalue weighted by molar-refractivity contribution is -0.00518. The first-order chi connectivity index (χ1) is 34.9. The molecule has 8 aromatic rings. The second-order valence-corrected chi connectivity index (χ2v) is 24.0. The van der Waals surface area contributed by atoms with Crippen molar-refractivity contribution in [1.29, 1.82) is 0 Å². The minimum atomic E-state index is -0.510. The number of rotatable bonds is 6. The van der Waals surface area contributed by atoms with Crippen LogP contribution in [0.25, 0.3) is 56.4 Å². The molecule has 9 aliphatic rings. The number of hydrogen-bond acceptors (Lipinski definition) is 4. The Morgan fingerprint density at radius 1 is 0.394 bits per heavy atom. The van der Waals surface area contributed by atoms with Gasteiger partial charge in [-0.05, 0) is 180 Å². The van der Waals surface area contributed by atoms with Crippen LogP contribution < -0.4 is 4.74 Å². The molecule has 4 unspecified atom stereocenters. The molecular formula is C67H59N3O. The lowest BCUT2D eigenvalue weighted by Gasteiger charge is -2.57. The third kappa shape index (κ3) is 5.94. The molecule has 4 nitrogen and oxygen atoms in total. The van der Waals surface area contributed by atoms with Crippen molar-refractivity contribution < 1.29 is 4.74 Å². The topological polar surface area (TPSA) is 47.9 Å². The second kappa shape index (κ2) is 14.9. The third-order valence-corrected chi connectivity index (χ3v) is 20.0. The van der Waals surface area contributed by atoms with Gasteiger partial charge in [-0.1, -0.05) is 159 Å². The van der Waals surface area contributed by atoms with E-state index in [4.69, 9.17) is 19.7 Å². The quantitative estimate of drug-likeness (QED) is 0.167. The Bertz CT molecular complexity index is 3380. The number of nitrogens with zero attached hydrogens (tertiary/aromatic N) is 3. The predicted octanol–water partition coefficient (Wildman–Crippen LogP) is 16.2. The highest BCUT2D eigenvalue weighted by Crippen LogP contribution is 2.66. The van der Waals surface area contributed by atoms with Gasteiger partial charge in [-0.25, -0.2) is 15.0 Å². The molecule has 17 rings (SSSR count). The van der Waals surface area contributed by atoms with Gasteiger partial charge in [-0.2, -0.15) is 0 Å². The van der Waals surface area contributed by atoms with Crippen LogP contribution in [-0.4, -0.2) is 15.0 Å². The molecule has 348 valence electrons. The first-order valence-corrected chi connectivity index (χ1v) is 27.1. The van der Waals surface area contributed by atoms with E-state index >= 15 is 0 Å². The van der Waals surface area contributed by atoms with Crippen molar-refractivity contribution in [3.05, 3.63) is 197 Å². The minimum absolute atomic E-state index is 0.315. The number of para-hydroxylation sites is 2. The summed E-state index contributed by atoms with van der Waals surface area (Å²) in [6.45, 7) is 2.51.